The molecule has 2 fully saturated rings. The molecule has 2 N–H and O–H groups in total. The van der Waals surface area contributed by atoms with E-state index in [1.807, 2.05) is 37.5 Å². The maximum absolute atomic E-state index is 13.7. The number of halogens is 4. The zero-order chi connectivity index (χ0) is 30.9. The minimum absolute atomic E-state index is 0.130. The molecule has 3 aliphatic rings. The number of hydrogen-bond acceptors (Lipinski definition) is 6. The van der Waals surface area contributed by atoms with E-state index >= 15 is 0 Å². The maximum atomic E-state index is 13.7. The number of carbonyl (C=O) groups excluding carboxylic acids is 2. The number of amides is 2. The number of rotatable bonds is 7. The molecule has 2 aromatic rings. The van der Waals surface area contributed by atoms with Gasteiger partial charge in [-0.2, -0.15) is 0 Å². The second-order valence-corrected chi connectivity index (χ2v) is 12.5. The smallest absolute Gasteiger partial charge is 0.266 e. The average molecular weight is 619 g/mol. The molecule has 3 heterocycles. The lowest BCUT2D eigenvalue weighted by Gasteiger charge is -2.36. The lowest BCUT2D eigenvalue weighted by molar-refractivity contribution is -0.124. The molecule has 0 saturated carbocycles. The van der Waals surface area contributed by atoms with Gasteiger partial charge >= 0.3 is 0 Å². The summed E-state index contributed by atoms with van der Waals surface area (Å²) in [7, 11) is 0. The first kappa shape index (κ1) is 31.2. The summed E-state index contributed by atoms with van der Waals surface area (Å²) in [6, 6.07) is 7.02. The van der Waals surface area contributed by atoms with Crippen molar-refractivity contribution in [2.24, 2.45) is 4.99 Å². The highest BCUT2D eigenvalue weighted by Gasteiger charge is 2.46. The lowest BCUT2D eigenvalue weighted by Crippen LogP contribution is -2.47. The van der Waals surface area contributed by atoms with E-state index in [9.17, 15) is 32.3 Å². The molecule has 1 spiro atoms. The standard InChI is InChI=1S/C31H34F4N4O3S/c1-19-15-22(28(40)38-10-6-30(42,18-32)7-11-38)16-20(2)23(19)5-14-43-39-12-8-31(9-13-39)29(41)36-27(37-31)21-3-4-25(33)24(17-21)26(34)35/h3-5,14-17,26,42H,6-13,18H2,1-2H3,(H,36,37,41)/b14-5+. The summed E-state index contributed by atoms with van der Waals surface area (Å²) in [5, 5.41) is 14.8. The summed E-state index contributed by atoms with van der Waals surface area (Å²) in [5.74, 6) is -1.23. The van der Waals surface area contributed by atoms with Crippen molar-refractivity contribution < 1.29 is 32.3 Å². The van der Waals surface area contributed by atoms with Crippen molar-refractivity contribution in [1.82, 2.24) is 14.5 Å². The summed E-state index contributed by atoms with van der Waals surface area (Å²) in [4.78, 5) is 32.2. The Morgan fingerprint density at radius 1 is 1.09 bits per heavy atom. The van der Waals surface area contributed by atoms with Crippen LogP contribution in [0.3, 0.4) is 0 Å². The first-order chi connectivity index (χ1) is 20.4. The molecule has 0 aromatic heterocycles. The Balaban J connectivity index is 1.18. The number of hydrogen-bond donors (Lipinski definition) is 2. The van der Waals surface area contributed by atoms with Gasteiger partial charge in [0.2, 0.25) is 0 Å². The van der Waals surface area contributed by atoms with Crippen LogP contribution in [0.15, 0.2) is 40.7 Å². The Hall–Kier alpha value is -3.22. The van der Waals surface area contributed by atoms with Crippen LogP contribution in [0.5, 0.6) is 0 Å². The van der Waals surface area contributed by atoms with Gasteiger partial charge in [0.1, 0.15) is 23.9 Å². The molecule has 0 unspecified atom stereocenters. The Bertz CT molecular complexity index is 1440. The van der Waals surface area contributed by atoms with Crippen LogP contribution >= 0.6 is 11.9 Å². The molecular formula is C31H34F4N4O3S. The molecule has 2 saturated heterocycles. The van der Waals surface area contributed by atoms with Crippen LogP contribution in [0.1, 0.15) is 70.3 Å². The zero-order valence-electron chi connectivity index (χ0n) is 24.0. The van der Waals surface area contributed by atoms with Crippen molar-refractivity contribution in [2.75, 3.05) is 32.9 Å². The van der Waals surface area contributed by atoms with Crippen molar-refractivity contribution in [3.63, 3.8) is 0 Å². The van der Waals surface area contributed by atoms with Gasteiger partial charge in [0, 0.05) is 37.3 Å². The number of aliphatic imine (C=N–C) groups is 1. The molecule has 0 radical (unpaired) electrons. The van der Waals surface area contributed by atoms with Crippen LogP contribution in [-0.2, 0) is 4.79 Å². The monoisotopic (exact) mass is 618 g/mol. The van der Waals surface area contributed by atoms with Crippen LogP contribution in [0.2, 0.25) is 0 Å². The fourth-order valence-corrected chi connectivity index (χ4v) is 6.56. The fraction of sp³-hybridized carbons (Fsp3) is 0.452. The Kier molecular flexibility index (Phi) is 9.01. The number of benzene rings is 2. The highest BCUT2D eigenvalue weighted by atomic mass is 32.2. The molecule has 3 aliphatic heterocycles. The molecule has 5 rings (SSSR count). The summed E-state index contributed by atoms with van der Waals surface area (Å²) >= 11 is 1.51. The Morgan fingerprint density at radius 3 is 2.35 bits per heavy atom. The van der Waals surface area contributed by atoms with Gasteiger partial charge in [-0.1, -0.05) is 11.9 Å². The van der Waals surface area contributed by atoms with Crippen LogP contribution in [-0.4, -0.2) is 76.0 Å². The van der Waals surface area contributed by atoms with Crippen molar-refractivity contribution in [1.29, 1.82) is 0 Å². The molecule has 43 heavy (non-hydrogen) atoms. The molecule has 2 aromatic carbocycles. The fourth-order valence-electron chi connectivity index (χ4n) is 5.80. The SMILES string of the molecule is Cc1cc(C(=O)N2CCC(O)(CF)CC2)cc(C)c1/C=C/SN1CCC2(CC1)N=C(c1ccc(F)c(C(F)F)c1)NC2=O. The Labute approximate surface area is 252 Å². The number of piperidine rings is 2. The molecule has 12 heteroatoms. The third-order valence-electron chi connectivity index (χ3n) is 8.55. The first-order valence-electron chi connectivity index (χ1n) is 14.2. The molecule has 0 bridgehead atoms. The van der Waals surface area contributed by atoms with E-state index < -0.39 is 35.6 Å². The van der Waals surface area contributed by atoms with Gasteiger partial charge in [-0.05, 0) is 98.0 Å². The summed E-state index contributed by atoms with van der Waals surface area (Å²) in [6.45, 7) is 4.85. The lowest BCUT2D eigenvalue weighted by atomic mass is 9.89. The van der Waals surface area contributed by atoms with Gasteiger partial charge in [-0.3, -0.25) is 14.6 Å². The van der Waals surface area contributed by atoms with E-state index in [4.69, 9.17) is 0 Å². The van der Waals surface area contributed by atoms with E-state index in [-0.39, 0.29) is 36.1 Å². The van der Waals surface area contributed by atoms with Gasteiger partial charge in [-0.15, -0.1) is 0 Å². The number of likely N-dealkylation sites (tertiary alicyclic amines) is 1. The van der Waals surface area contributed by atoms with E-state index in [2.05, 4.69) is 14.6 Å². The van der Waals surface area contributed by atoms with E-state index in [1.54, 1.807) is 4.90 Å². The van der Waals surface area contributed by atoms with Gasteiger partial charge < -0.3 is 15.3 Å². The van der Waals surface area contributed by atoms with Crippen molar-refractivity contribution in [3.05, 3.63) is 74.9 Å². The highest BCUT2D eigenvalue weighted by molar-refractivity contribution is 8.00. The van der Waals surface area contributed by atoms with E-state index in [0.29, 0.717) is 44.6 Å². The summed E-state index contributed by atoms with van der Waals surface area (Å²) < 4.78 is 55.2. The topological polar surface area (TPSA) is 85.2 Å². The van der Waals surface area contributed by atoms with Crippen LogP contribution < -0.4 is 5.32 Å². The molecule has 7 nitrogen and oxygen atoms in total. The molecule has 2 amide bonds. The second kappa shape index (κ2) is 12.4. The van der Waals surface area contributed by atoms with Gasteiger partial charge in [0.15, 0.2) is 0 Å². The van der Waals surface area contributed by atoms with Crippen molar-refractivity contribution >= 4 is 35.7 Å². The maximum Gasteiger partial charge on any atom is 0.266 e. The van der Waals surface area contributed by atoms with Gasteiger partial charge in [-0.25, -0.2) is 21.9 Å². The number of aryl methyl sites for hydroxylation is 2. The van der Waals surface area contributed by atoms with E-state index in [0.717, 1.165) is 28.8 Å². The largest absolute Gasteiger partial charge is 0.387 e. The predicted molar refractivity (Wildman–Crippen MR) is 158 cm³/mol. The Morgan fingerprint density at radius 2 is 1.74 bits per heavy atom. The zero-order valence-corrected chi connectivity index (χ0v) is 24.8. The van der Waals surface area contributed by atoms with Crippen molar-refractivity contribution in [2.45, 2.75) is 57.1 Å². The van der Waals surface area contributed by atoms with Crippen molar-refractivity contribution in [3.8, 4) is 0 Å². The van der Waals surface area contributed by atoms with Gasteiger partial charge in [0.25, 0.3) is 18.2 Å². The number of carbonyl (C=O) groups is 2. The highest BCUT2D eigenvalue weighted by Crippen LogP contribution is 2.35. The van der Waals surface area contributed by atoms with Crippen LogP contribution in [0.25, 0.3) is 6.08 Å². The molecule has 0 aliphatic carbocycles. The number of nitrogens with zero attached hydrogens (tertiary/aromatic N) is 3. The normalized spacial score (nSPS) is 20.2. The van der Waals surface area contributed by atoms with Crippen LogP contribution in [0, 0.1) is 19.7 Å². The average Bonchev–Trinajstić information content (AvgIpc) is 3.30. The van der Waals surface area contributed by atoms with Gasteiger partial charge in [0.05, 0.1) is 11.2 Å². The van der Waals surface area contributed by atoms with E-state index in [1.165, 1.54) is 18.0 Å². The summed E-state index contributed by atoms with van der Waals surface area (Å²) in [5.41, 5.74) is 0.643. The third-order valence-corrected chi connectivity index (χ3v) is 9.47. The molecular weight excluding hydrogens is 584 g/mol. The number of alkyl halides is 3. The first-order valence-corrected chi connectivity index (χ1v) is 15.0. The molecule has 230 valence electrons. The number of nitrogens with one attached hydrogen (secondary N) is 1. The predicted octanol–water partition coefficient (Wildman–Crippen LogP) is 5.35. The second-order valence-electron chi connectivity index (χ2n) is 11.5. The quantitative estimate of drug-likeness (QED) is 0.323. The van der Waals surface area contributed by atoms with Crippen LogP contribution in [0.4, 0.5) is 17.6 Å². The minimum Gasteiger partial charge on any atom is -0.387 e. The number of aliphatic hydroxyl groups is 1. The number of amidine groups is 1. The summed E-state index contributed by atoms with van der Waals surface area (Å²) in [6.07, 6.45) is 0.347. The third kappa shape index (κ3) is 6.51. The molecule has 0 atom stereocenters. The minimum atomic E-state index is -2.97.